The van der Waals surface area contributed by atoms with Crippen molar-refractivity contribution in [2.75, 3.05) is 14.2 Å². The van der Waals surface area contributed by atoms with Crippen LogP contribution in [0.5, 0.6) is 5.75 Å². The number of hydrogen-bond donors (Lipinski definition) is 1. The van der Waals surface area contributed by atoms with Crippen molar-refractivity contribution >= 4 is 0 Å². The second-order valence-corrected chi connectivity index (χ2v) is 4.82. The van der Waals surface area contributed by atoms with Gasteiger partial charge in [-0.25, -0.2) is 0 Å². The molecule has 1 N–H and O–H groups in total. The van der Waals surface area contributed by atoms with Gasteiger partial charge in [0.2, 0.25) is 0 Å². The van der Waals surface area contributed by atoms with Crippen LogP contribution in [-0.4, -0.2) is 14.2 Å². The van der Waals surface area contributed by atoms with Crippen LogP contribution in [0.15, 0.2) is 42.5 Å². The summed E-state index contributed by atoms with van der Waals surface area (Å²) >= 11 is 0. The van der Waals surface area contributed by atoms with Gasteiger partial charge >= 0.3 is 0 Å². The van der Waals surface area contributed by atoms with E-state index < -0.39 is 0 Å². The average molecular weight is 255 g/mol. The summed E-state index contributed by atoms with van der Waals surface area (Å²) in [6.45, 7) is 4.18. The number of aryl methyl sites for hydroxylation is 2. The fraction of sp³-hybridized carbons (Fsp3) is 0.294. The highest BCUT2D eigenvalue weighted by Crippen LogP contribution is 2.29. The van der Waals surface area contributed by atoms with Crippen molar-refractivity contribution in [3.8, 4) is 5.75 Å². The molecule has 19 heavy (non-hydrogen) atoms. The van der Waals surface area contributed by atoms with Crippen LogP contribution in [-0.2, 0) is 0 Å². The SMILES string of the molecule is CNC(c1ccccc1)c1cc(C)c(OC)c(C)c1. The van der Waals surface area contributed by atoms with E-state index in [0.29, 0.717) is 0 Å². The fourth-order valence-corrected chi connectivity index (χ4v) is 2.64. The molecule has 2 heteroatoms. The molecule has 0 aliphatic rings. The Morgan fingerprint density at radius 3 is 2.00 bits per heavy atom. The first-order valence-electron chi connectivity index (χ1n) is 6.54. The molecular formula is C17H21NO. The topological polar surface area (TPSA) is 21.3 Å². The lowest BCUT2D eigenvalue weighted by atomic mass is 9.95. The minimum Gasteiger partial charge on any atom is -0.496 e. The molecule has 0 saturated carbocycles. The summed E-state index contributed by atoms with van der Waals surface area (Å²) in [6, 6.07) is 15.1. The van der Waals surface area contributed by atoms with Gasteiger partial charge in [-0.3, -0.25) is 0 Å². The smallest absolute Gasteiger partial charge is 0.124 e. The molecule has 2 aromatic rings. The van der Waals surface area contributed by atoms with E-state index in [1.165, 1.54) is 22.3 Å². The van der Waals surface area contributed by atoms with Crippen LogP contribution in [0.3, 0.4) is 0 Å². The van der Waals surface area contributed by atoms with Gasteiger partial charge in [0.15, 0.2) is 0 Å². The van der Waals surface area contributed by atoms with Crippen molar-refractivity contribution in [2.45, 2.75) is 19.9 Å². The first kappa shape index (κ1) is 13.6. The number of rotatable bonds is 4. The van der Waals surface area contributed by atoms with E-state index in [0.717, 1.165) is 5.75 Å². The molecule has 0 amide bonds. The molecule has 0 saturated heterocycles. The Kier molecular flexibility index (Phi) is 4.23. The Morgan fingerprint density at radius 1 is 0.947 bits per heavy atom. The Bertz CT molecular complexity index is 525. The van der Waals surface area contributed by atoms with Gasteiger partial charge in [0, 0.05) is 0 Å². The van der Waals surface area contributed by atoms with Crippen LogP contribution >= 0.6 is 0 Å². The number of ether oxygens (including phenoxy) is 1. The van der Waals surface area contributed by atoms with E-state index in [9.17, 15) is 0 Å². The first-order chi connectivity index (χ1) is 9.17. The summed E-state index contributed by atoms with van der Waals surface area (Å²) < 4.78 is 5.43. The summed E-state index contributed by atoms with van der Waals surface area (Å²) in [7, 11) is 3.72. The van der Waals surface area contributed by atoms with Crippen LogP contribution in [0, 0.1) is 13.8 Å². The van der Waals surface area contributed by atoms with E-state index in [4.69, 9.17) is 4.74 Å². The van der Waals surface area contributed by atoms with Gasteiger partial charge in [0.05, 0.1) is 13.2 Å². The standard InChI is InChI=1S/C17H21NO/c1-12-10-15(11-13(2)17(12)19-4)16(18-3)14-8-6-5-7-9-14/h5-11,16,18H,1-4H3. The molecule has 2 rings (SSSR count). The Balaban J connectivity index is 2.45. The van der Waals surface area contributed by atoms with E-state index in [1.54, 1.807) is 7.11 Å². The Morgan fingerprint density at radius 2 is 1.53 bits per heavy atom. The molecule has 0 fully saturated rings. The molecule has 0 spiro atoms. The molecule has 2 nitrogen and oxygen atoms in total. The molecule has 1 unspecified atom stereocenters. The lowest BCUT2D eigenvalue weighted by Gasteiger charge is -2.20. The third kappa shape index (κ3) is 2.79. The lowest BCUT2D eigenvalue weighted by molar-refractivity contribution is 0.408. The predicted molar refractivity (Wildman–Crippen MR) is 79.8 cm³/mol. The third-order valence-corrected chi connectivity index (χ3v) is 3.44. The quantitative estimate of drug-likeness (QED) is 0.901. The molecule has 0 heterocycles. The van der Waals surface area contributed by atoms with E-state index >= 15 is 0 Å². The normalized spacial score (nSPS) is 12.2. The zero-order valence-electron chi connectivity index (χ0n) is 12.0. The molecule has 0 aromatic heterocycles. The van der Waals surface area contributed by atoms with Crippen molar-refractivity contribution in [3.05, 3.63) is 64.7 Å². The molecule has 0 bridgehead atoms. The largest absolute Gasteiger partial charge is 0.496 e. The summed E-state index contributed by atoms with van der Waals surface area (Å²) in [4.78, 5) is 0. The van der Waals surface area contributed by atoms with Crippen molar-refractivity contribution < 1.29 is 4.74 Å². The summed E-state index contributed by atoms with van der Waals surface area (Å²) in [5.74, 6) is 0.978. The zero-order chi connectivity index (χ0) is 13.8. The van der Waals surface area contributed by atoms with Gasteiger partial charge in [-0.15, -0.1) is 0 Å². The van der Waals surface area contributed by atoms with Gasteiger partial charge in [0.1, 0.15) is 5.75 Å². The van der Waals surface area contributed by atoms with Crippen LogP contribution in [0.1, 0.15) is 28.3 Å². The fourth-order valence-electron chi connectivity index (χ4n) is 2.64. The highest BCUT2D eigenvalue weighted by molar-refractivity contribution is 5.46. The predicted octanol–water partition coefficient (Wildman–Crippen LogP) is 3.62. The highest BCUT2D eigenvalue weighted by atomic mass is 16.5. The summed E-state index contributed by atoms with van der Waals surface area (Å²) in [5, 5.41) is 3.39. The maximum atomic E-state index is 5.43. The average Bonchev–Trinajstić information content (AvgIpc) is 2.40. The van der Waals surface area contributed by atoms with Crippen molar-refractivity contribution in [1.82, 2.24) is 5.32 Å². The number of nitrogens with one attached hydrogen (secondary N) is 1. The van der Waals surface area contributed by atoms with Gasteiger partial charge < -0.3 is 10.1 Å². The van der Waals surface area contributed by atoms with Gasteiger partial charge in [0.25, 0.3) is 0 Å². The van der Waals surface area contributed by atoms with Crippen molar-refractivity contribution in [3.63, 3.8) is 0 Å². The molecular weight excluding hydrogens is 234 g/mol. The molecule has 0 aliphatic heterocycles. The monoisotopic (exact) mass is 255 g/mol. The molecule has 0 aliphatic carbocycles. The van der Waals surface area contributed by atoms with Crippen LogP contribution in [0.25, 0.3) is 0 Å². The maximum absolute atomic E-state index is 5.43. The lowest BCUT2D eigenvalue weighted by Crippen LogP contribution is -2.18. The third-order valence-electron chi connectivity index (χ3n) is 3.44. The highest BCUT2D eigenvalue weighted by Gasteiger charge is 2.14. The van der Waals surface area contributed by atoms with E-state index in [-0.39, 0.29) is 6.04 Å². The van der Waals surface area contributed by atoms with E-state index in [2.05, 4.69) is 55.6 Å². The van der Waals surface area contributed by atoms with Gasteiger partial charge in [-0.2, -0.15) is 0 Å². The molecule has 1 atom stereocenters. The van der Waals surface area contributed by atoms with Crippen LogP contribution < -0.4 is 10.1 Å². The summed E-state index contributed by atoms with van der Waals surface area (Å²) in [5.41, 5.74) is 4.89. The minimum atomic E-state index is 0.213. The van der Waals surface area contributed by atoms with Gasteiger partial charge in [-0.1, -0.05) is 42.5 Å². The van der Waals surface area contributed by atoms with Crippen molar-refractivity contribution in [1.29, 1.82) is 0 Å². The Hall–Kier alpha value is -1.80. The second kappa shape index (κ2) is 5.89. The van der Waals surface area contributed by atoms with Crippen LogP contribution in [0.2, 0.25) is 0 Å². The molecule has 2 aromatic carbocycles. The minimum absolute atomic E-state index is 0.213. The number of methoxy groups -OCH3 is 1. The second-order valence-electron chi connectivity index (χ2n) is 4.82. The Labute approximate surface area is 115 Å². The van der Waals surface area contributed by atoms with Crippen molar-refractivity contribution in [2.24, 2.45) is 0 Å². The first-order valence-corrected chi connectivity index (χ1v) is 6.54. The molecule has 0 radical (unpaired) electrons. The van der Waals surface area contributed by atoms with Gasteiger partial charge in [-0.05, 0) is 43.1 Å². The maximum Gasteiger partial charge on any atom is 0.124 e. The van der Waals surface area contributed by atoms with Crippen LogP contribution in [0.4, 0.5) is 0 Å². The zero-order valence-corrected chi connectivity index (χ0v) is 12.0. The number of hydrogen-bond acceptors (Lipinski definition) is 2. The molecule has 100 valence electrons. The number of benzene rings is 2. The van der Waals surface area contributed by atoms with E-state index in [1.807, 2.05) is 13.1 Å². The summed E-state index contributed by atoms with van der Waals surface area (Å²) in [6.07, 6.45) is 0.